The molecule has 0 aliphatic heterocycles. The summed E-state index contributed by atoms with van der Waals surface area (Å²) >= 11 is 0. The van der Waals surface area contributed by atoms with Crippen LogP contribution in [-0.2, 0) is 6.42 Å². The van der Waals surface area contributed by atoms with Crippen molar-refractivity contribution in [2.75, 3.05) is 11.9 Å². The molecule has 0 bridgehead atoms. The molecule has 1 atom stereocenters. The fourth-order valence-corrected chi connectivity index (χ4v) is 1.55. The molecule has 18 heavy (non-hydrogen) atoms. The van der Waals surface area contributed by atoms with Crippen LogP contribution in [0.15, 0.2) is 12.1 Å². The second-order valence-electron chi connectivity index (χ2n) is 4.17. The van der Waals surface area contributed by atoms with E-state index in [-0.39, 0.29) is 11.7 Å². The Morgan fingerprint density at radius 2 is 2.17 bits per heavy atom. The standard InChI is InChI=1S/C13H20N2O3/c1-3-10-7-9(13(17)18)8-12(15-10)14-6-5-11(16)4-2/h7-8,11,16H,3-6H2,1-2H3,(H,14,15)(H,17,18). The maximum absolute atomic E-state index is 11.0. The number of carbonyl (C=O) groups is 1. The second kappa shape index (κ2) is 6.96. The van der Waals surface area contributed by atoms with Crippen LogP contribution in [0.4, 0.5) is 5.82 Å². The number of aliphatic hydroxyl groups is 1. The third kappa shape index (κ3) is 4.33. The van der Waals surface area contributed by atoms with Gasteiger partial charge in [-0.15, -0.1) is 0 Å². The first-order valence-corrected chi connectivity index (χ1v) is 6.23. The summed E-state index contributed by atoms with van der Waals surface area (Å²) in [5.74, 6) is -0.404. The van der Waals surface area contributed by atoms with E-state index in [0.29, 0.717) is 31.6 Å². The number of nitrogens with zero attached hydrogens (tertiary/aromatic N) is 1. The summed E-state index contributed by atoms with van der Waals surface area (Å²) in [7, 11) is 0. The van der Waals surface area contributed by atoms with Gasteiger partial charge in [-0.1, -0.05) is 13.8 Å². The van der Waals surface area contributed by atoms with Crippen molar-refractivity contribution in [3.63, 3.8) is 0 Å². The zero-order valence-corrected chi connectivity index (χ0v) is 10.8. The SMILES string of the molecule is CCc1cc(C(=O)O)cc(NCCC(O)CC)n1. The second-order valence-corrected chi connectivity index (χ2v) is 4.17. The molecule has 0 aliphatic carbocycles. The van der Waals surface area contributed by atoms with E-state index in [9.17, 15) is 9.90 Å². The Bertz CT molecular complexity index is 407. The maximum atomic E-state index is 11.0. The number of aromatic nitrogens is 1. The number of aliphatic hydroxyl groups excluding tert-OH is 1. The summed E-state index contributed by atoms with van der Waals surface area (Å²) in [6.45, 7) is 4.43. The highest BCUT2D eigenvalue weighted by Crippen LogP contribution is 2.12. The van der Waals surface area contributed by atoms with Crippen molar-refractivity contribution >= 4 is 11.8 Å². The summed E-state index contributed by atoms with van der Waals surface area (Å²) in [6.07, 6.45) is 1.69. The fourth-order valence-electron chi connectivity index (χ4n) is 1.55. The molecule has 5 heteroatoms. The number of rotatable bonds is 7. The van der Waals surface area contributed by atoms with Crippen LogP contribution in [0.2, 0.25) is 0 Å². The molecule has 0 saturated heterocycles. The summed E-state index contributed by atoms with van der Waals surface area (Å²) in [5, 5.41) is 21.5. The molecule has 0 amide bonds. The van der Waals surface area contributed by atoms with Crippen LogP contribution in [0.5, 0.6) is 0 Å². The van der Waals surface area contributed by atoms with Gasteiger partial charge in [-0.05, 0) is 31.4 Å². The van der Waals surface area contributed by atoms with Gasteiger partial charge < -0.3 is 15.5 Å². The first kappa shape index (κ1) is 14.4. The van der Waals surface area contributed by atoms with Gasteiger partial charge in [0.1, 0.15) is 5.82 Å². The van der Waals surface area contributed by atoms with Gasteiger partial charge in [0.05, 0.1) is 11.7 Å². The number of aromatic carboxylic acids is 1. The Morgan fingerprint density at radius 3 is 2.72 bits per heavy atom. The lowest BCUT2D eigenvalue weighted by molar-refractivity contribution is 0.0696. The topological polar surface area (TPSA) is 82.5 Å². The molecule has 1 rings (SSSR count). The molecule has 0 aromatic carbocycles. The van der Waals surface area contributed by atoms with Crippen LogP contribution in [-0.4, -0.2) is 33.8 Å². The number of anilines is 1. The van der Waals surface area contributed by atoms with Crippen LogP contribution in [0.3, 0.4) is 0 Å². The van der Waals surface area contributed by atoms with Gasteiger partial charge in [0.15, 0.2) is 0 Å². The van der Waals surface area contributed by atoms with Gasteiger partial charge in [-0.3, -0.25) is 0 Å². The molecular formula is C13H20N2O3. The number of carboxylic acid groups (broad SMARTS) is 1. The number of aryl methyl sites for hydroxylation is 1. The Hall–Kier alpha value is -1.62. The smallest absolute Gasteiger partial charge is 0.335 e. The Kier molecular flexibility index (Phi) is 5.58. The third-order valence-corrected chi connectivity index (χ3v) is 2.74. The molecule has 5 nitrogen and oxygen atoms in total. The fraction of sp³-hybridized carbons (Fsp3) is 0.538. The Morgan fingerprint density at radius 1 is 1.44 bits per heavy atom. The number of hydrogen-bond donors (Lipinski definition) is 3. The molecule has 1 aromatic heterocycles. The van der Waals surface area contributed by atoms with Crippen LogP contribution in [0.1, 0.15) is 42.7 Å². The van der Waals surface area contributed by atoms with Gasteiger partial charge in [0.2, 0.25) is 0 Å². The predicted molar refractivity (Wildman–Crippen MR) is 70.0 cm³/mol. The molecule has 0 radical (unpaired) electrons. The first-order chi connectivity index (χ1) is 8.56. The maximum Gasteiger partial charge on any atom is 0.335 e. The van der Waals surface area contributed by atoms with E-state index in [1.807, 2.05) is 13.8 Å². The summed E-state index contributed by atoms with van der Waals surface area (Å²) in [6, 6.07) is 3.09. The van der Waals surface area contributed by atoms with E-state index in [0.717, 1.165) is 5.69 Å². The molecule has 0 aliphatic rings. The van der Waals surface area contributed by atoms with Crippen LogP contribution in [0, 0.1) is 0 Å². The average Bonchev–Trinajstić information content (AvgIpc) is 2.37. The van der Waals surface area contributed by atoms with E-state index in [1.54, 1.807) is 6.07 Å². The molecular weight excluding hydrogens is 232 g/mol. The lowest BCUT2D eigenvalue weighted by atomic mass is 10.2. The summed E-state index contributed by atoms with van der Waals surface area (Å²) in [5.41, 5.74) is 0.980. The number of nitrogens with one attached hydrogen (secondary N) is 1. The van der Waals surface area contributed by atoms with Gasteiger partial charge in [0, 0.05) is 12.2 Å². The van der Waals surface area contributed by atoms with Gasteiger partial charge >= 0.3 is 5.97 Å². The summed E-state index contributed by atoms with van der Waals surface area (Å²) in [4.78, 5) is 15.3. The highest BCUT2D eigenvalue weighted by atomic mass is 16.4. The van der Waals surface area contributed by atoms with Crippen molar-refractivity contribution in [2.45, 2.75) is 39.2 Å². The quantitative estimate of drug-likeness (QED) is 0.690. The van der Waals surface area contributed by atoms with E-state index >= 15 is 0 Å². The lowest BCUT2D eigenvalue weighted by Gasteiger charge is -2.10. The van der Waals surface area contributed by atoms with Crippen LogP contribution in [0.25, 0.3) is 0 Å². The van der Waals surface area contributed by atoms with Crippen LogP contribution >= 0.6 is 0 Å². The monoisotopic (exact) mass is 252 g/mol. The van der Waals surface area contributed by atoms with Crippen molar-refractivity contribution in [1.82, 2.24) is 4.98 Å². The molecule has 1 heterocycles. The van der Waals surface area contributed by atoms with Gasteiger partial charge in [-0.25, -0.2) is 9.78 Å². The Balaban J connectivity index is 2.69. The number of hydrogen-bond acceptors (Lipinski definition) is 4. The molecule has 0 fully saturated rings. The molecule has 0 saturated carbocycles. The van der Waals surface area contributed by atoms with Gasteiger partial charge in [0.25, 0.3) is 0 Å². The van der Waals surface area contributed by atoms with E-state index in [1.165, 1.54) is 6.07 Å². The number of pyridine rings is 1. The summed E-state index contributed by atoms with van der Waals surface area (Å²) < 4.78 is 0. The van der Waals surface area contributed by atoms with E-state index < -0.39 is 5.97 Å². The highest BCUT2D eigenvalue weighted by Gasteiger charge is 2.08. The normalized spacial score (nSPS) is 12.2. The minimum atomic E-state index is -0.955. The van der Waals surface area contributed by atoms with Crippen LogP contribution < -0.4 is 5.32 Å². The largest absolute Gasteiger partial charge is 0.478 e. The Labute approximate surface area is 107 Å². The zero-order chi connectivity index (χ0) is 13.5. The van der Waals surface area contributed by atoms with E-state index in [2.05, 4.69) is 10.3 Å². The molecule has 3 N–H and O–H groups in total. The average molecular weight is 252 g/mol. The third-order valence-electron chi connectivity index (χ3n) is 2.74. The van der Waals surface area contributed by atoms with Crippen molar-refractivity contribution < 1.29 is 15.0 Å². The predicted octanol–water partition coefficient (Wildman–Crippen LogP) is 1.92. The number of carboxylic acids is 1. The highest BCUT2D eigenvalue weighted by molar-refractivity contribution is 5.88. The lowest BCUT2D eigenvalue weighted by Crippen LogP contribution is -2.13. The van der Waals surface area contributed by atoms with Gasteiger partial charge in [-0.2, -0.15) is 0 Å². The van der Waals surface area contributed by atoms with Crippen molar-refractivity contribution in [3.8, 4) is 0 Å². The first-order valence-electron chi connectivity index (χ1n) is 6.23. The minimum absolute atomic E-state index is 0.236. The molecule has 1 aromatic rings. The zero-order valence-electron chi connectivity index (χ0n) is 10.8. The minimum Gasteiger partial charge on any atom is -0.478 e. The van der Waals surface area contributed by atoms with Crippen molar-refractivity contribution in [2.24, 2.45) is 0 Å². The molecule has 1 unspecified atom stereocenters. The molecule has 100 valence electrons. The van der Waals surface area contributed by atoms with E-state index in [4.69, 9.17) is 5.11 Å². The van der Waals surface area contributed by atoms with Crippen molar-refractivity contribution in [3.05, 3.63) is 23.4 Å². The molecule has 0 spiro atoms. The van der Waals surface area contributed by atoms with Crippen molar-refractivity contribution in [1.29, 1.82) is 0 Å².